The lowest BCUT2D eigenvalue weighted by molar-refractivity contribution is 0.159. The van der Waals surface area contributed by atoms with E-state index in [9.17, 15) is 0 Å². The van der Waals surface area contributed by atoms with Gasteiger partial charge in [0.2, 0.25) is 0 Å². The lowest BCUT2D eigenvalue weighted by Crippen LogP contribution is -2.47. The molecular formula is C16H28N2. The molecule has 0 aromatic heterocycles. The Bertz CT molecular complexity index is 380. The third-order valence-electron chi connectivity index (χ3n) is 3.87. The molecule has 0 saturated carbocycles. The van der Waals surface area contributed by atoms with Crippen LogP contribution in [-0.2, 0) is 6.42 Å². The maximum Gasteiger partial charge on any atom is 0.0476 e. The van der Waals surface area contributed by atoms with Crippen molar-refractivity contribution in [2.45, 2.75) is 45.7 Å². The zero-order chi connectivity index (χ0) is 13.9. The van der Waals surface area contributed by atoms with Gasteiger partial charge in [-0.3, -0.25) is 0 Å². The second kappa shape index (κ2) is 5.85. The summed E-state index contributed by atoms with van der Waals surface area (Å²) in [6.45, 7) is 8.87. The van der Waals surface area contributed by atoms with Gasteiger partial charge >= 0.3 is 0 Å². The lowest BCUT2D eigenvalue weighted by atomic mass is 9.87. The van der Waals surface area contributed by atoms with E-state index in [1.165, 1.54) is 11.1 Å². The first-order valence-corrected chi connectivity index (χ1v) is 6.77. The van der Waals surface area contributed by atoms with Gasteiger partial charge in [0.1, 0.15) is 0 Å². The molecule has 0 bridgehead atoms. The molecule has 1 atom stereocenters. The lowest BCUT2D eigenvalue weighted by Gasteiger charge is -2.38. The minimum atomic E-state index is -0.0452. The number of hydrogen-bond acceptors (Lipinski definition) is 2. The van der Waals surface area contributed by atoms with Crippen molar-refractivity contribution < 1.29 is 0 Å². The molecule has 0 spiro atoms. The van der Waals surface area contributed by atoms with Crippen LogP contribution in [-0.4, -0.2) is 24.5 Å². The number of nitrogens with zero attached hydrogens (tertiary/aromatic N) is 1. The molecule has 0 saturated heterocycles. The SMILES string of the molecule is CC(C)Cc1cccc(C(N)C(C)(C)N(C)C)c1. The minimum absolute atomic E-state index is 0.0274. The van der Waals surface area contributed by atoms with Crippen molar-refractivity contribution in [3.8, 4) is 0 Å². The van der Waals surface area contributed by atoms with Gasteiger partial charge in [0.05, 0.1) is 0 Å². The number of nitrogens with two attached hydrogens (primary N) is 1. The Kier molecular flexibility index (Phi) is 4.94. The fraction of sp³-hybridized carbons (Fsp3) is 0.625. The average molecular weight is 248 g/mol. The summed E-state index contributed by atoms with van der Waals surface area (Å²) in [5, 5.41) is 0. The molecule has 1 aromatic carbocycles. The van der Waals surface area contributed by atoms with Gasteiger partial charge in [-0.15, -0.1) is 0 Å². The van der Waals surface area contributed by atoms with E-state index < -0.39 is 0 Å². The molecule has 0 amide bonds. The van der Waals surface area contributed by atoms with Gasteiger partial charge in [0.15, 0.2) is 0 Å². The molecule has 0 radical (unpaired) electrons. The molecule has 0 aliphatic carbocycles. The number of hydrogen-bond donors (Lipinski definition) is 1. The molecule has 1 rings (SSSR count). The second-order valence-electron chi connectivity index (χ2n) is 6.37. The van der Waals surface area contributed by atoms with Crippen molar-refractivity contribution in [3.05, 3.63) is 35.4 Å². The van der Waals surface area contributed by atoms with Crippen LogP contribution in [0.1, 0.15) is 44.9 Å². The summed E-state index contributed by atoms with van der Waals surface area (Å²) in [5.74, 6) is 0.679. The van der Waals surface area contributed by atoms with Crippen LogP contribution in [0.2, 0.25) is 0 Å². The van der Waals surface area contributed by atoms with E-state index in [1.807, 2.05) is 0 Å². The van der Waals surface area contributed by atoms with Crippen molar-refractivity contribution in [1.29, 1.82) is 0 Å². The Balaban J connectivity index is 2.96. The fourth-order valence-corrected chi connectivity index (χ4v) is 2.07. The molecule has 2 nitrogen and oxygen atoms in total. The molecule has 102 valence electrons. The van der Waals surface area contributed by atoms with E-state index in [4.69, 9.17) is 5.73 Å². The van der Waals surface area contributed by atoms with Crippen LogP contribution >= 0.6 is 0 Å². The van der Waals surface area contributed by atoms with E-state index in [0.29, 0.717) is 5.92 Å². The first-order valence-electron chi connectivity index (χ1n) is 6.77. The van der Waals surface area contributed by atoms with Crippen LogP contribution in [0.4, 0.5) is 0 Å². The van der Waals surface area contributed by atoms with Gasteiger partial charge in [0, 0.05) is 11.6 Å². The molecular weight excluding hydrogens is 220 g/mol. The maximum atomic E-state index is 6.43. The number of likely N-dealkylation sites (N-methyl/N-ethyl adjacent to an activating group) is 1. The third-order valence-corrected chi connectivity index (χ3v) is 3.87. The zero-order valence-electron chi connectivity index (χ0n) is 12.7. The average Bonchev–Trinajstić information content (AvgIpc) is 2.27. The second-order valence-corrected chi connectivity index (χ2v) is 6.37. The van der Waals surface area contributed by atoms with Crippen molar-refractivity contribution >= 4 is 0 Å². The van der Waals surface area contributed by atoms with Gasteiger partial charge in [-0.1, -0.05) is 38.1 Å². The van der Waals surface area contributed by atoms with E-state index in [-0.39, 0.29) is 11.6 Å². The Morgan fingerprint density at radius 2 is 1.83 bits per heavy atom. The standard InChI is InChI=1S/C16H28N2/c1-12(2)10-13-8-7-9-14(11-13)15(17)16(3,4)18(5)6/h7-9,11-12,15H,10,17H2,1-6H3. The summed E-state index contributed by atoms with van der Waals surface area (Å²) in [4.78, 5) is 2.19. The zero-order valence-corrected chi connectivity index (χ0v) is 12.7. The quantitative estimate of drug-likeness (QED) is 0.867. The first-order chi connectivity index (χ1) is 8.25. The van der Waals surface area contributed by atoms with Gasteiger partial charge in [-0.2, -0.15) is 0 Å². The van der Waals surface area contributed by atoms with E-state index in [0.717, 1.165) is 6.42 Å². The molecule has 0 aliphatic heterocycles. The fourth-order valence-electron chi connectivity index (χ4n) is 2.07. The largest absolute Gasteiger partial charge is 0.322 e. The molecule has 18 heavy (non-hydrogen) atoms. The van der Waals surface area contributed by atoms with Crippen LogP contribution in [0.5, 0.6) is 0 Å². The first kappa shape index (κ1) is 15.2. The minimum Gasteiger partial charge on any atom is -0.322 e. The highest BCUT2D eigenvalue weighted by Crippen LogP contribution is 2.28. The smallest absolute Gasteiger partial charge is 0.0476 e. The van der Waals surface area contributed by atoms with Crippen LogP contribution < -0.4 is 5.73 Å². The van der Waals surface area contributed by atoms with Gasteiger partial charge in [-0.25, -0.2) is 0 Å². The van der Waals surface area contributed by atoms with Gasteiger partial charge in [-0.05, 0) is 51.4 Å². The summed E-state index contributed by atoms with van der Waals surface area (Å²) in [7, 11) is 4.16. The van der Waals surface area contributed by atoms with E-state index >= 15 is 0 Å². The molecule has 0 heterocycles. The number of rotatable bonds is 5. The predicted molar refractivity (Wildman–Crippen MR) is 79.7 cm³/mol. The summed E-state index contributed by atoms with van der Waals surface area (Å²) in [6, 6.07) is 8.74. The summed E-state index contributed by atoms with van der Waals surface area (Å²) >= 11 is 0. The van der Waals surface area contributed by atoms with Crippen LogP contribution in [0, 0.1) is 5.92 Å². The summed E-state index contributed by atoms with van der Waals surface area (Å²) < 4.78 is 0. The molecule has 0 aliphatic rings. The van der Waals surface area contributed by atoms with E-state index in [1.54, 1.807) is 0 Å². The molecule has 1 unspecified atom stereocenters. The Morgan fingerprint density at radius 3 is 2.33 bits per heavy atom. The highest BCUT2D eigenvalue weighted by atomic mass is 15.2. The summed E-state index contributed by atoms with van der Waals surface area (Å²) in [6.07, 6.45) is 1.11. The third kappa shape index (κ3) is 3.56. The maximum absolute atomic E-state index is 6.43. The van der Waals surface area contributed by atoms with Gasteiger partial charge in [0.25, 0.3) is 0 Å². The van der Waals surface area contributed by atoms with Crippen LogP contribution in [0.15, 0.2) is 24.3 Å². The monoisotopic (exact) mass is 248 g/mol. The normalized spacial score (nSPS) is 14.3. The highest BCUT2D eigenvalue weighted by molar-refractivity contribution is 5.28. The summed E-state index contributed by atoms with van der Waals surface area (Å²) in [5.41, 5.74) is 9.00. The van der Waals surface area contributed by atoms with Gasteiger partial charge < -0.3 is 10.6 Å². The highest BCUT2D eigenvalue weighted by Gasteiger charge is 2.29. The predicted octanol–water partition coefficient (Wildman–Crippen LogP) is 3.23. The van der Waals surface area contributed by atoms with Crippen LogP contribution in [0.25, 0.3) is 0 Å². The van der Waals surface area contributed by atoms with E-state index in [2.05, 4.69) is 71.0 Å². The molecule has 0 fully saturated rings. The Morgan fingerprint density at radius 1 is 1.22 bits per heavy atom. The van der Waals surface area contributed by atoms with Crippen LogP contribution in [0.3, 0.4) is 0 Å². The number of benzene rings is 1. The van der Waals surface area contributed by atoms with Crippen molar-refractivity contribution in [2.75, 3.05) is 14.1 Å². The van der Waals surface area contributed by atoms with Crippen molar-refractivity contribution in [2.24, 2.45) is 11.7 Å². The Labute approximate surface area is 112 Å². The van der Waals surface area contributed by atoms with Crippen molar-refractivity contribution in [3.63, 3.8) is 0 Å². The molecule has 2 heteroatoms. The Hall–Kier alpha value is -0.860. The topological polar surface area (TPSA) is 29.3 Å². The molecule has 1 aromatic rings. The molecule has 2 N–H and O–H groups in total. The van der Waals surface area contributed by atoms with Crippen molar-refractivity contribution in [1.82, 2.24) is 4.90 Å².